The van der Waals surface area contributed by atoms with E-state index < -0.39 is 0 Å². The van der Waals surface area contributed by atoms with Crippen LogP contribution in [-0.4, -0.2) is 0 Å². The Labute approximate surface area is 221 Å². The van der Waals surface area contributed by atoms with Crippen molar-refractivity contribution in [2.24, 2.45) is 0 Å². The van der Waals surface area contributed by atoms with Gasteiger partial charge in [0.05, 0.1) is 5.57 Å². The van der Waals surface area contributed by atoms with E-state index in [2.05, 4.69) is 147 Å². The normalized spacial score (nSPS) is 15.1. The zero-order valence-corrected chi connectivity index (χ0v) is 22.4. The number of hydrogen-bond acceptors (Lipinski definition) is 1. The van der Waals surface area contributed by atoms with Crippen molar-refractivity contribution in [1.29, 1.82) is 0 Å². The molecule has 3 aromatic carbocycles. The number of anilines is 1. The molecule has 0 bridgehead atoms. The highest BCUT2D eigenvalue weighted by Crippen LogP contribution is 2.36. The van der Waals surface area contributed by atoms with Crippen LogP contribution in [0.3, 0.4) is 0 Å². The summed E-state index contributed by atoms with van der Waals surface area (Å²) >= 11 is 0. The summed E-state index contributed by atoms with van der Waals surface area (Å²) in [6.45, 7) is 13.7. The third kappa shape index (κ3) is 4.89. The molecule has 37 heavy (non-hydrogen) atoms. The molecule has 5 rings (SSSR count). The Morgan fingerprint density at radius 1 is 0.730 bits per heavy atom. The van der Waals surface area contributed by atoms with Crippen LogP contribution >= 0.6 is 0 Å². The summed E-state index contributed by atoms with van der Waals surface area (Å²) in [5.41, 5.74) is 10.1. The molecule has 0 amide bonds. The predicted molar refractivity (Wildman–Crippen MR) is 155 cm³/mol. The number of pyridine rings is 1. The van der Waals surface area contributed by atoms with Crippen molar-refractivity contribution in [1.82, 2.24) is 0 Å². The van der Waals surface area contributed by atoms with Gasteiger partial charge in [-0.05, 0) is 52.1 Å². The number of para-hydroxylation sites is 1. The second-order valence-corrected chi connectivity index (χ2v) is 10.6. The van der Waals surface area contributed by atoms with Gasteiger partial charge in [0.15, 0.2) is 0 Å². The molecule has 0 saturated carbocycles. The molecule has 1 N–H and O–H groups in total. The molecule has 2 nitrogen and oxygen atoms in total. The number of rotatable bonds is 6. The highest BCUT2D eigenvalue weighted by Gasteiger charge is 2.25. The number of nitrogens with zero attached hydrogens (tertiary/aromatic N) is 1. The van der Waals surface area contributed by atoms with E-state index in [1.54, 1.807) is 0 Å². The summed E-state index contributed by atoms with van der Waals surface area (Å²) in [5.74, 6) is 0.825. The highest BCUT2D eigenvalue weighted by molar-refractivity contribution is 5.76. The maximum atomic E-state index is 4.59. The van der Waals surface area contributed by atoms with Crippen molar-refractivity contribution in [3.63, 3.8) is 0 Å². The Morgan fingerprint density at radius 3 is 2.08 bits per heavy atom. The molecule has 0 spiro atoms. The summed E-state index contributed by atoms with van der Waals surface area (Å²) in [6.07, 6.45) is 5.47. The lowest BCUT2D eigenvalue weighted by Crippen LogP contribution is -2.43. The SMILES string of the molecule is C=[n+]1c(C(Nc2c(C(C)C)cccc2C(C)C)c2ccccc2)ccc/c1=C1/C=CCc2ccccc21. The smallest absolute Gasteiger partial charge is 0.218 e. The zero-order valence-electron chi connectivity index (χ0n) is 22.4. The van der Waals surface area contributed by atoms with Crippen molar-refractivity contribution in [2.75, 3.05) is 5.32 Å². The molecule has 1 unspecified atom stereocenters. The van der Waals surface area contributed by atoms with E-state index in [0.717, 1.165) is 17.5 Å². The first-order chi connectivity index (χ1) is 18.0. The number of aromatic nitrogens is 1. The molecule has 1 aromatic heterocycles. The largest absolute Gasteiger partial charge is 0.369 e. The van der Waals surface area contributed by atoms with Crippen LogP contribution in [0, 0.1) is 6.72 Å². The first-order valence-electron chi connectivity index (χ1n) is 13.4. The lowest BCUT2D eigenvalue weighted by Gasteiger charge is -2.25. The Balaban J connectivity index is 1.73. The third-order valence-electron chi connectivity index (χ3n) is 7.42. The second-order valence-electron chi connectivity index (χ2n) is 10.6. The third-order valence-corrected chi connectivity index (χ3v) is 7.42. The molecular formula is C35H37N2+. The van der Waals surface area contributed by atoms with Gasteiger partial charge >= 0.3 is 0 Å². The minimum absolute atomic E-state index is 0.0561. The average molecular weight is 486 g/mol. The van der Waals surface area contributed by atoms with Crippen LogP contribution in [0.1, 0.15) is 79.1 Å². The summed E-state index contributed by atoms with van der Waals surface area (Å²) < 4.78 is 2.12. The van der Waals surface area contributed by atoms with E-state index >= 15 is 0 Å². The average Bonchev–Trinajstić information content (AvgIpc) is 2.92. The van der Waals surface area contributed by atoms with Crippen molar-refractivity contribution >= 4 is 11.3 Å². The molecule has 1 atom stereocenters. The number of benzene rings is 3. The van der Waals surface area contributed by atoms with Crippen LogP contribution in [0.5, 0.6) is 0 Å². The number of fused-ring (bicyclic) bond motifs is 1. The molecule has 2 heteroatoms. The maximum absolute atomic E-state index is 4.59. The minimum atomic E-state index is -0.0561. The van der Waals surface area contributed by atoms with Crippen LogP contribution in [0.25, 0.3) is 5.57 Å². The second kappa shape index (κ2) is 10.6. The van der Waals surface area contributed by atoms with Crippen LogP contribution in [0.4, 0.5) is 5.69 Å². The van der Waals surface area contributed by atoms with Crippen LogP contribution in [0.2, 0.25) is 0 Å². The Morgan fingerprint density at radius 2 is 1.38 bits per heavy atom. The minimum Gasteiger partial charge on any atom is -0.369 e. The molecular weight excluding hydrogens is 448 g/mol. The monoisotopic (exact) mass is 485 g/mol. The quantitative estimate of drug-likeness (QED) is 0.282. The van der Waals surface area contributed by atoms with Gasteiger partial charge in [0.2, 0.25) is 11.0 Å². The Bertz CT molecular complexity index is 1520. The number of hydrogen-bond donors (Lipinski definition) is 1. The number of allylic oxidation sites excluding steroid dienone is 2. The first kappa shape index (κ1) is 24.8. The van der Waals surface area contributed by atoms with Crippen molar-refractivity contribution < 1.29 is 4.24 Å². The van der Waals surface area contributed by atoms with Crippen LogP contribution in [0.15, 0.2) is 103 Å². The van der Waals surface area contributed by atoms with Crippen LogP contribution < -0.4 is 14.9 Å². The van der Waals surface area contributed by atoms with Gasteiger partial charge in [0.1, 0.15) is 12.8 Å². The van der Waals surface area contributed by atoms with E-state index in [9.17, 15) is 0 Å². The Kier molecular flexibility index (Phi) is 7.10. The highest BCUT2D eigenvalue weighted by atomic mass is 15.0. The number of nitrogens with one attached hydrogen (secondary N) is 1. The van der Waals surface area contributed by atoms with Gasteiger partial charge in [0, 0.05) is 17.8 Å². The summed E-state index contributed by atoms with van der Waals surface area (Å²) in [4.78, 5) is 0. The van der Waals surface area contributed by atoms with Gasteiger partial charge in [0.25, 0.3) is 0 Å². The first-order valence-corrected chi connectivity index (χ1v) is 13.4. The summed E-state index contributed by atoms with van der Waals surface area (Å²) in [6, 6.07) is 32.6. The molecule has 1 aliphatic carbocycles. The van der Waals surface area contributed by atoms with E-state index in [1.165, 1.54) is 39.1 Å². The molecule has 0 fully saturated rings. The van der Waals surface area contributed by atoms with Crippen molar-refractivity contribution in [3.05, 3.63) is 149 Å². The molecule has 1 heterocycles. The maximum Gasteiger partial charge on any atom is 0.218 e. The van der Waals surface area contributed by atoms with Crippen molar-refractivity contribution in [3.8, 4) is 0 Å². The Hall–Kier alpha value is -3.91. The standard InChI is InChI=1S/C35H37N2/c1-24(2)28-19-12-20-29(25(3)4)35(28)36-34(27-15-7-6-8-16-27)33-23-13-22-32(37(33)5)31-21-11-17-26-14-9-10-18-30(26)31/h6-16,18-25,34,36H,5,17H2,1-4H3/q+1/b32-31+. The van der Waals surface area contributed by atoms with E-state index in [0.29, 0.717) is 11.8 Å². The van der Waals surface area contributed by atoms with Crippen LogP contribution in [-0.2, 0) is 6.42 Å². The lowest BCUT2D eigenvalue weighted by atomic mass is 9.91. The predicted octanol–water partition coefficient (Wildman–Crippen LogP) is 7.37. The fraction of sp³-hybridized carbons (Fsp3) is 0.229. The molecule has 0 saturated heterocycles. The van der Waals surface area contributed by atoms with Crippen molar-refractivity contribution in [2.45, 2.75) is 52.0 Å². The van der Waals surface area contributed by atoms with Gasteiger partial charge in [-0.1, -0.05) is 113 Å². The van der Waals surface area contributed by atoms with Gasteiger partial charge in [-0.15, -0.1) is 0 Å². The topological polar surface area (TPSA) is 17.9 Å². The fourth-order valence-electron chi connectivity index (χ4n) is 5.46. The fourth-order valence-corrected chi connectivity index (χ4v) is 5.46. The molecule has 0 radical (unpaired) electrons. The van der Waals surface area contributed by atoms with Gasteiger partial charge in [-0.25, -0.2) is 0 Å². The summed E-state index contributed by atoms with van der Waals surface area (Å²) in [7, 11) is 0. The van der Waals surface area contributed by atoms with E-state index in [4.69, 9.17) is 0 Å². The lowest BCUT2D eigenvalue weighted by molar-refractivity contribution is -0.524. The molecule has 0 aliphatic heterocycles. The van der Waals surface area contributed by atoms with Gasteiger partial charge in [-0.3, -0.25) is 0 Å². The van der Waals surface area contributed by atoms with Gasteiger partial charge in [-0.2, -0.15) is 4.24 Å². The van der Waals surface area contributed by atoms with Gasteiger partial charge < -0.3 is 5.32 Å². The molecule has 186 valence electrons. The molecule has 4 aromatic rings. The zero-order chi connectivity index (χ0) is 25.9. The van der Waals surface area contributed by atoms with E-state index in [1.807, 2.05) is 0 Å². The van der Waals surface area contributed by atoms with E-state index in [-0.39, 0.29) is 6.04 Å². The molecule has 1 aliphatic rings. The summed E-state index contributed by atoms with van der Waals surface area (Å²) in [5, 5.41) is 5.13.